The number of hydrogen-bond donors (Lipinski definition) is 2. The fraction of sp³-hybridized carbons (Fsp3) is 0.750. The zero-order chi connectivity index (χ0) is 9.03. The van der Waals surface area contributed by atoms with Crippen molar-refractivity contribution in [2.45, 2.75) is 13.5 Å². The van der Waals surface area contributed by atoms with E-state index in [9.17, 15) is 8.42 Å². The number of sulfonamides is 1. The predicted octanol–water partition coefficient (Wildman–Crippen LogP) is -1.36. The molecule has 7 nitrogen and oxygen atoms in total. The summed E-state index contributed by atoms with van der Waals surface area (Å²) in [6.45, 7) is 1.63. The van der Waals surface area contributed by atoms with Gasteiger partial charge in [0.2, 0.25) is 10.0 Å². The molecular formula is C4H9N5O2S. The Kier molecular flexibility index (Phi) is 2.71. The Hall–Kier alpha value is -1.02. The number of tetrazole rings is 1. The Morgan fingerprint density at radius 3 is 2.83 bits per heavy atom. The molecule has 0 aliphatic rings. The average molecular weight is 191 g/mol. The van der Waals surface area contributed by atoms with E-state index in [2.05, 4.69) is 25.3 Å². The van der Waals surface area contributed by atoms with E-state index < -0.39 is 10.0 Å². The van der Waals surface area contributed by atoms with Crippen molar-refractivity contribution in [2.75, 3.05) is 5.75 Å². The molecule has 1 aromatic rings. The van der Waals surface area contributed by atoms with Crippen molar-refractivity contribution < 1.29 is 8.42 Å². The maximum Gasteiger partial charge on any atom is 0.211 e. The van der Waals surface area contributed by atoms with E-state index in [1.54, 1.807) is 6.92 Å². The zero-order valence-electron chi connectivity index (χ0n) is 6.48. The second kappa shape index (κ2) is 3.59. The van der Waals surface area contributed by atoms with Gasteiger partial charge in [-0.05, 0) is 6.92 Å². The quantitative estimate of drug-likeness (QED) is 0.612. The van der Waals surface area contributed by atoms with E-state index >= 15 is 0 Å². The standard InChI is InChI=1S/C4H9N5O2S/c1-2-12(10,11)5-3-4-6-8-9-7-4/h5H,2-3H2,1H3,(H,6,7,8,9). The van der Waals surface area contributed by atoms with Crippen LogP contribution in [0.25, 0.3) is 0 Å². The van der Waals surface area contributed by atoms with Crippen LogP contribution in [-0.2, 0) is 16.6 Å². The lowest BCUT2D eigenvalue weighted by molar-refractivity contribution is 0.580. The fourth-order valence-electron chi connectivity index (χ4n) is 0.534. The van der Waals surface area contributed by atoms with Crippen LogP contribution >= 0.6 is 0 Å². The van der Waals surface area contributed by atoms with E-state index in [-0.39, 0.29) is 12.3 Å². The van der Waals surface area contributed by atoms with Crippen LogP contribution in [0.15, 0.2) is 0 Å². The normalized spacial score (nSPS) is 11.8. The van der Waals surface area contributed by atoms with Gasteiger partial charge >= 0.3 is 0 Å². The second-order valence-electron chi connectivity index (χ2n) is 2.05. The SMILES string of the molecule is CCS(=O)(=O)NCc1nn[nH]n1. The summed E-state index contributed by atoms with van der Waals surface area (Å²) < 4.78 is 24.1. The van der Waals surface area contributed by atoms with Gasteiger partial charge in [-0.1, -0.05) is 5.21 Å². The van der Waals surface area contributed by atoms with E-state index in [1.165, 1.54) is 0 Å². The summed E-state index contributed by atoms with van der Waals surface area (Å²) in [5, 5.41) is 12.7. The molecule has 0 spiro atoms. The third kappa shape index (κ3) is 2.55. The van der Waals surface area contributed by atoms with Gasteiger partial charge in [-0.3, -0.25) is 0 Å². The number of aromatic amines is 1. The zero-order valence-corrected chi connectivity index (χ0v) is 7.30. The first-order valence-electron chi connectivity index (χ1n) is 3.33. The van der Waals surface area contributed by atoms with Crippen LogP contribution in [0.5, 0.6) is 0 Å². The summed E-state index contributed by atoms with van der Waals surface area (Å²) in [5.41, 5.74) is 0. The van der Waals surface area contributed by atoms with Crippen LogP contribution in [0, 0.1) is 0 Å². The van der Waals surface area contributed by atoms with Crippen LogP contribution in [0.1, 0.15) is 12.7 Å². The summed E-state index contributed by atoms with van der Waals surface area (Å²) in [6, 6.07) is 0. The topological polar surface area (TPSA) is 101 Å². The van der Waals surface area contributed by atoms with Crippen molar-refractivity contribution in [2.24, 2.45) is 0 Å². The Labute approximate surface area is 69.6 Å². The lowest BCUT2D eigenvalue weighted by atomic mass is 10.7. The maximum atomic E-state index is 10.9. The molecule has 68 valence electrons. The van der Waals surface area contributed by atoms with Gasteiger partial charge in [0.1, 0.15) is 0 Å². The van der Waals surface area contributed by atoms with Gasteiger partial charge in [-0.2, -0.15) is 5.21 Å². The third-order valence-electron chi connectivity index (χ3n) is 1.22. The minimum Gasteiger partial charge on any atom is -0.212 e. The molecule has 0 unspecified atom stereocenters. The molecular weight excluding hydrogens is 182 g/mol. The first-order chi connectivity index (χ1) is 5.64. The fourth-order valence-corrected chi connectivity index (χ4v) is 1.09. The number of nitrogens with one attached hydrogen (secondary N) is 2. The van der Waals surface area contributed by atoms with Gasteiger partial charge < -0.3 is 0 Å². The van der Waals surface area contributed by atoms with Gasteiger partial charge in [0, 0.05) is 0 Å². The largest absolute Gasteiger partial charge is 0.212 e. The van der Waals surface area contributed by atoms with Crippen LogP contribution in [0.2, 0.25) is 0 Å². The number of nitrogens with zero attached hydrogens (tertiary/aromatic N) is 3. The third-order valence-corrected chi connectivity index (χ3v) is 2.56. The van der Waals surface area contributed by atoms with Crippen molar-refractivity contribution in [3.05, 3.63) is 5.82 Å². The number of aromatic nitrogens is 4. The highest BCUT2D eigenvalue weighted by atomic mass is 32.2. The lowest BCUT2D eigenvalue weighted by Gasteiger charge is -1.98. The molecule has 0 aliphatic carbocycles. The van der Waals surface area contributed by atoms with Gasteiger partial charge in [-0.15, -0.1) is 10.2 Å². The van der Waals surface area contributed by atoms with Crippen LogP contribution in [-0.4, -0.2) is 34.8 Å². The van der Waals surface area contributed by atoms with Crippen molar-refractivity contribution in [3.8, 4) is 0 Å². The molecule has 1 aromatic heterocycles. The van der Waals surface area contributed by atoms with E-state index in [4.69, 9.17) is 0 Å². The lowest BCUT2D eigenvalue weighted by Crippen LogP contribution is -2.25. The molecule has 12 heavy (non-hydrogen) atoms. The van der Waals surface area contributed by atoms with E-state index in [0.29, 0.717) is 5.82 Å². The Bertz CT molecular complexity index is 317. The molecule has 0 aromatic carbocycles. The molecule has 0 aliphatic heterocycles. The Morgan fingerprint density at radius 2 is 2.33 bits per heavy atom. The summed E-state index contributed by atoms with van der Waals surface area (Å²) in [5.74, 6) is 0.372. The molecule has 0 saturated carbocycles. The highest BCUT2D eigenvalue weighted by Gasteiger charge is 2.07. The van der Waals surface area contributed by atoms with Crippen LogP contribution < -0.4 is 4.72 Å². The summed E-state index contributed by atoms with van der Waals surface area (Å²) in [4.78, 5) is 0. The highest BCUT2D eigenvalue weighted by Crippen LogP contribution is 1.86. The Morgan fingerprint density at radius 1 is 1.58 bits per heavy atom. The first-order valence-corrected chi connectivity index (χ1v) is 4.99. The minimum atomic E-state index is -3.17. The molecule has 0 radical (unpaired) electrons. The monoisotopic (exact) mass is 191 g/mol. The van der Waals surface area contributed by atoms with E-state index in [1.807, 2.05) is 0 Å². The molecule has 2 N–H and O–H groups in total. The molecule has 1 heterocycles. The molecule has 0 saturated heterocycles. The van der Waals surface area contributed by atoms with E-state index in [0.717, 1.165) is 0 Å². The summed E-state index contributed by atoms with van der Waals surface area (Å²) in [7, 11) is -3.17. The first kappa shape index (κ1) is 9.07. The maximum absolute atomic E-state index is 10.9. The summed E-state index contributed by atoms with van der Waals surface area (Å²) in [6.07, 6.45) is 0. The summed E-state index contributed by atoms with van der Waals surface area (Å²) >= 11 is 0. The minimum absolute atomic E-state index is 0.0465. The predicted molar refractivity (Wildman–Crippen MR) is 40.5 cm³/mol. The van der Waals surface area contributed by atoms with Gasteiger partial charge in [0.25, 0.3) is 0 Å². The molecule has 0 bridgehead atoms. The van der Waals surface area contributed by atoms with Crippen molar-refractivity contribution in [1.82, 2.24) is 25.3 Å². The second-order valence-corrected chi connectivity index (χ2v) is 4.15. The van der Waals surface area contributed by atoms with Crippen molar-refractivity contribution in [3.63, 3.8) is 0 Å². The smallest absolute Gasteiger partial charge is 0.211 e. The number of hydrogen-bond acceptors (Lipinski definition) is 5. The van der Waals surface area contributed by atoms with Crippen LogP contribution in [0.3, 0.4) is 0 Å². The molecule has 8 heteroatoms. The molecule has 0 atom stereocenters. The highest BCUT2D eigenvalue weighted by molar-refractivity contribution is 7.89. The Balaban J connectivity index is 2.47. The molecule has 0 amide bonds. The molecule has 1 rings (SSSR count). The number of H-pyrrole nitrogens is 1. The van der Waals surface area contributed by atoms with Crippen molar-refractivity contribution >= 4 is 10.0 Å². The number of rotatable bonds is 4. The van der Waals surface area contributed by atoms with Crippen molar-refractivity contribution in [1.29, 1.82) is 0 Å². The van der Waals surface area contributed by atoms with Gasteiger partial charge in [-0.25, -0.2) is 13.1 Å². The van der Waals surface area contributed by atoms with Gasteiger partial charge in [0.15, 0.2) is 5.82 Å². The van der Waals surface area contributed by atoms with Crippen LogP contribution in [0.4, 0.5) is 0 Å². The van der Waals surface area contributed by atoms with Gasteiger partial charge in [0.05, 0.1) is 12.3 Å². The average Bonchev–Trinajstić information content (AvgIpc) is 2.53. The molecule has 0 fully saturated rings.